The van der Waals surface area contributed by atoms with E-state index in [9.17, 15) is 4.57 Å². The van der Waals surface area contributed by atoms with E-state index in [4.69, 9.17) is 19.3 Å². The highest BCUT2D eigenvalue weighted by Crippen LogP contribution is 2.61. The number of para-hydroxylation sites is 2. The largest absolute Gasteiger partial charge is 0.494 e. The summed E-state index contributed by atoms with van der Waals surface area (Å²) in [5.74, 6) is 0. The molecular formula is C106H80BN2O4P2+. The quantitative estimate of drug-likeness (QED) is 0.0689. The minimum Gasteiger partial charge on any atom is -0.399 e. The van der Waals surface area contributed by atoms with Crippen LogP contribution in [0.4, 0.5) is 0 Å². The van der Waals surface area contributed by atoms with Crippen LogP contribution >= 0.6 is 14.9 Å². The Bertz CT molecular complexity index is 6560. The van der Waals surface area contributed by atoms with Gasteiger partial charge in [-0.2, -0.15) is 0 Å². The minimum atomic E-state index is -3.12. The molecule has 0 atom stereocenters. The van der Waals surface area contributed by atoms with E-state index in [-0.39, 0.29) is 0 Å². The Hall–Kier alpha value is -12.8. The lowest BCUT2D eigenvalue weighted by molar-refractivity contribution is 0.00578. The second-order valence-corrected chi connectivity index (χ2v) is 35.2. The van der Waals surface area contributed by atoms with Crippen molar-refractivity contribution in [2.75, 3.05) is 0 Å². The van der Waals surface area contributed by atoms with Crippen LogP contribution in [0, 0.1) is 0 Å². The third-order valence-electron chi connectivity index (χ3n) is 24.0. The van der Waals surface area contributed by atoms with Crippen LogP contribution in [0.3, 0.4) is 0 Å². The molecule has 21 rings (SSSR count). The smallest absolute Gasteiger partial charge is 0.399 e. The van der Waals surface area contributed by atoms with Gasteiger partial charge in [0.2, 0.25) is 0 Å². The van der Waals surface area contributed by atoms with Crippen molar-refractivity contribution in [3.05, 3.63) is 457 Å². The van der Waals surface area contributed by atoms with E-state index >= 15 is 4.57 Å². The van der Waals surface area contributed by atoms with Gasteiger partial charge in [0.25, 0.3) is 0 Å². The fourth-order valence-electron chi connectivity index (χ4n) is 18.0. The first-order valence-corrected chi connectivity index (χ1v) is 42.3. The normalized spacial score (nSPS) is 14.3. The lowest BCUT2D eigenvalue weighted by Gasteiger charge is -2.34. The van der Waals surface area contributed by atoms with Gasteiger partial charge in [-0.05, 0) is 136 Å². The van der Waals surface area contributed by atoms with Crippen LogP contribution in [0.2, 0.25) is 0 Å². The number of rotatable bonds is 12. The second-order valence-electron chi connectivity index (χ2n) is 30.8. The summed E-state index contributed by atoms with van der Waals surface area (Å²) in [4.78, 5) is 10.7. The summed E-state index contributed by atoms with van der Waals surface area (Å²) in [6.45, 7) is 8.36. The van der Waals surface area contributed by atoms with Gasteiger partial charge in [-0.1, -0.05) is 381 Å². The van der Waals surface area contributed by atoms with Crippen LogP contribution < -0.4 is 32.0 Å². The van der Waals surface area contributed by atoms with Gasteiger partial charge in [0.1, 0.15) is 0 Å². The molecule has 0 spiro atoms. The van der Waals surface area contributed by atoms with Gasteiger partial charge in [-0.15, -0.1) is 0 Å². The first-order chi connectivity index (χ1) is 56.4. The first-order valence-electron chi connectivity index (χ1n) is 39.4. The lowest BCUT2D eigenvalue weighted by Crippen LogP contribution is -2.41. The molecule has 0 unspecified atom stereocenters. The summed E-state index contributed by atoms with van der Waals surface area (Å²) in [5, 5.41) is 11.2. The topological polar surface area (TPSA) is 78.4 Å². The number of nitrogens with zero attached hydrogens (tertiary/aromatic N) is 2. The zero-order valence-corrected chi connectivity index (χ0v) is 66.0. The molecule has 6 nitrogen and oxygen atoms in total. The number of hydrogen-bond acceptors (Lipinski definition) is 6. The maximum Gasteiger partial charge on any atom is 0.494 e. The van der Waals surface area contributed by atoms with Gasteiger partial charge >= 0.3 is 14.9 Å². The van der Waals surface area contributed by atoms with Crippen molar-refractivity contribution in [1.82, 2.24) is 9.97 Å². The molecule has 0 bridgehead atoms. The Morgan fingerprint density at radius 3 is 0.974 bits per heavy atom. The van der Waals surface area contributed by atoms with Gasteiger partial charge in [-0.25, -0.2) is 9.97 Å². The lowest BCUT2D eigenvalue weighted by atomic mass is 9.67. The predicted molar refractivity (Wildman–Crippen MR) is 479 cm³/mol. The summed E-state index contributed by atoms with van der Waals surface area (Å²) < 4.78 is 39.9. The van der Waals surface area contributed by atoms with E-state index in [1.54, 1.807) is 0 Å². The Kier molecular flexibility index (Phi) is 18.6. The number of hydrogen-bond donors (Lipinski definition) is 0. The molecule has 115 heavy (non-hydrogen) atoms. The van der Waals surface area contributed by atoms with Crippen LogP contribution in [-0.2, 0) is 29.3 Å². The fourth-order valence-corrected chi connectivity index (χ4v) is 21.8. The molecule has 1 saturated heterocycles. The number of aromatic nitrogens is 2. The fraction of sp³-hybridized carbons (Fsp3) is 0.0755. The molecule has 0 radical (unpaired) electrons. The van der Waals surface area contributed by atoms with E-state index in [1.165, 1.54) is 77.5 Å². The molecule has 1 fully saturated rings. The summed E-state index contributed by atoms with van der Waals surface area (Å²) in [6, 6.07) is 144. The number of fused-ring (bicyclic) bond motifs is 14. The molecule has 16 aromatic carbocycles. The highest BCUT2D eigenvalue weighted by molar-refractivity contribution is 7.85. The maximum atomic E-state index is 15.2. The summed E-state index contributed by atoms with van der Waals surface area (Å²) in [5.41, 5.74) is 20.3. The van der Waals surface area contributed by atoms with Crippen LogP contribution in [-0.4, -0.2) is 28.3 Å². The van der Waals surface area contributed by atoms with Crippen LogP contribution in [0.15, 0.2) is 413 Å². The monoisotopic (exact) mass is 1520 g/mol. The molecule has 0 N–H and O–H groups in total. The molecule has 3 aliphatic rings. The Morgan fingerprint density at radius 2 is 0.600 bits per heavy atom. The van der Waals surface area contributed by atoms with Crippen molar-refractivity contribution in [3.8, 4) is 44.8 Å². The highest BCUT2D eigenvalue weighted by Gasteiger charge is 2.53. The van der Waals surface area contributed by atoms with Gasteiger partial charge in [0, 0.05) is 59.4 Å². The van der Waals surface area contributed by atoms with E-state index in [0.717, 1.165) is 87.1 Å². The molecule has 9 heteroatoms. The average Bonchev–Trinajstić information content (AvgIpc) is 1.54. The highest BCUT2D eigenvalue weighted by atomic mass is 31.2. The summed E-state index contributed by atoms with van der Waals surface area (Å²) in [6.07, 6.45) is 0. The minimum absolute atomic E-state index is 0.391. The summed E-state index contributed by atoms with van der Waals surface area (Å²) >= 11 is 0. The van der Waals surface area contributed by atoms with E-state index in [2.05, 4.69) is 307 Å². The number of pyridine rings is 2. The molecule has 1 aliphatic heterocycles. The van der Waals surface area contributed by atoms with Gasteiger partial charge < -0.3 is 13.9 Å². The van der Waals surface area contributed by atoms with Crippen molar-refractivity contribution < 1.29 is 18.4 Å². The SMILES string of the molecule is CC1(C)OB(c2ccc(-c3nc4ccccc4c4c5c(ccc34)C(c3ccccc3)(c3ccccc3)c3ccccc3-5)cc2)OC1(C)C.O=P(c1ccccc1)(c1ccccc1)c1ccc(-c2nc3ccccc3c3c4c(ccc23)C(c2ccccc2)(c2ccccc2)c2ccccc2-4)cc1.O=[P+](c1ccccc1)c1ccccc1. The van der Waals surface area contributed by atoms with Gasteiger partial charge in [0.15, 0.2) is 17.8 Å². The van der Waals surface area contributed by atoms with Crippen molar-refractivity contribution in [2.24, 2.45) is 0 Å². The van der Waals surface area contributed by atoms with Crippen LogP contribution in [0.25, 0.3) is 88.1 Å². The average molecular weight is 1520 g/mol. The Morgan fingerprint density at radius 1 is 0.296 bits per heavy atom. The molecule has 550 valence electrons. The van der Waals surface area contributed by atoms with Gasteiger partial charge in [0.05, 0.1) is 44.5 Å². The molecular weight excluding hydrogens is 1440 g/mol. The third kappa shape index (κ3) is 12.2. The van der Waals surface area contributed by atoms with Crippen molar-refractivity contribution in [2.45, 2.75) is 49.7 Å². The molecule has 2 aliphatic carbocycles. The van der Waals surface area contributed by atoms with Crippen molar-refractivity contribution in [1.29, 1.82) is 0 Å². The van der Waals surface area contributed by atoms with Crippen LogP contribution in [0.5, 0.6) is 0 Å². The molecule has 0 amide bonds. The van der Waals surface area contributed by atoms with Crippen LogP contribution in [0.1, 0.15) is 72.2 Å². The zero-order valence-electron chi connectivity index (χ0n) is 64.3. The third-order valence-corrected chi connectivity index (χ3v) is 28.6. The standard InChI is InChI=1S/C50H34NOP.C44H36BNO2.C12H10OP/c52-53(38-21-9-3-10-22-38,39-23-11-4-12-24-39)40-31-29-35(30-32-40)49-43-33-34-45-48(47(43)42-26-14-16-28-46(42)51-49)41-25-13-15-27-44(41)50(45,36-17-5-1-6-18-36)37-19-7-2-8-20-37;1-42(2)43(3,4)48-45(47-42)32-25-23-29(24-26-32)41-35-27-28-37-40(39(35)34-20-12-14-22-38(34)46-41)33-19-11-13-21-36(33)44(37,30-15-7-5-8-16-30)31-17-9-6-10-18-31;13-14(11-7-3-1-4-8-11)12-9-5-2-6-10-12/h1-34H;5-28H,1-4H3;1-10H/q;;+1. The Labute approximate surface area is 672 Å². The molecule has 3 heterocycles. The summed E-state index contributed by atoms with van der Waals surface area (Å²) in [7, 11) is -4.95. The second kappa shape index (κ2) is 29.6. The van der Waals surface area contributed by atoms with Crippen molar-refractivity contribution in [3.63, 3.8) is 0 Å². The zero-order chi connectivity index (χ0) is 77.9. The molecule has 2 aromatic heterocycles. The maximum absolute atomic E-state index is 15.2. The molecule has 0 saturated carbocycles. The molecule has 18 aromatic rings. The van der Waals surface area contributed by atoms with Gasteiger partial charge in [-0.3, -0.25) is 0 Å². The predicted octanol–water partition coefficient (Wildman–Crippen LogP) is 23.2. The van der Waals surface area contributed by atoms with E-state index in [0.29, 0.717) is 0 Å². The van der Waals surface area contributed by atoms with Crippen molar-refractivity contribution >= 4 is 97.4 Å². The van der Waals surface area contributed by atoms with E-state index in [1.807, 2.05) is 133 Å². The first kappa shape index (κ1) is 72.4. The number of benzene rings is 16. The van der Waals surface area contributed by atoms with E-state index < -0.39 is 44.1 Å². The Balaban J connectivity index is 0.000000132.